The van der Waals surface area contributed by atoms with Crippen LogP contribution < -0.4 is 0 Å². The highest BCUT2D eigenvalue weighted by atomic mass is 16.1. The number of nitriles is 1. The van der Waals surface area contributed by atoms with Gasteiger partial charge < -0.3 is 4.57 Å². The van der Waals surface area contributed by atoms with Crippen LogP contribution in [0.25, 0.3) is 11.0 Å². The van der Waals surface area contributed by atoms with Gasteiger partial charge >= 0.3 is 0 Å². The summed E-state index contributed by atoms with van der Waals surface area (Å²) in [6.07, 6.45) is 1.58. The van der Waals surface area contributed by atoms with Crippen molar-refractivity contribution in [1.82, 2.24) is 9.55 Å². The molecule has 0 amide bonds. The fraction of sp³-hybridized carbons (Fsp3) is 0.182. The van der Waals surface area contributed by atoms with Gasteiger partial charge in [-0.1, -0.05) is 12.1 Å². The van der Waals surface area contributed by atoms with Crippen LogP contribution in [0, 0.1) is 11.3 Å². The average molecular weight is 199 g/mol. The molecule has 0 N–H and O–H groups in total. The number of ketones is 1. The van der Waals surface area contributed by atoms with Gasteiger partial charge in [-0.15, -0.1) is 0 Å². The number of rotatable bonds is 3. The summed E-state index contributed by atoms with van der Waals surface area (Å²) >= 11 is 0. The Balaban J connectivity index is 2.29. The smallest absolute Gasteiger partial charge is 0.166 e. The van der Waals surface area contributed by atoms with Gasteiger partial charge in [0.15, 0.2) is 5.78 Å². The van der Waals surface area contributed by atoms with Crippen LogP contribution in [-0.2, 0) is 11.3 Å². The first-order valence-corrected chi connectivity index (χ1v) is 4.60. The van der Waals surface area contributed by atoms with Gasteiger partial charge in [0.1, 0.15) is 0 Å². The number of benzene rings is 1. The number of imidazole rings is 1. The van der Waals surface area contributed by atoms with Crippen LogP contribution in [0.1, 0.15) is 6.42 Å². The van der Waals surface area contributed by atoms with E-state index in [1.54, 1.807) is 10.9 Å². The average Bonchev–Trinajstić information content (AvgIpc) is 2.62. The number of Topliss-reactive ketones (excluding diaryl/α,β-unsaturated/α-hetero) is 1. The lowest BCUT2D eigenvalue weighted by Gasteiger charge is -2.00. The third-order valence-corrected chi connectivity index (χ3v) is 2.15. The zero-order valence-electron chi connectivity index (χ0n) is 8.05. The largest absolute Gasteiger partial charge is 0.323 e. The topological polar surface area (TPSA) is 58.7 Å². The molecular weight excluding hydrogens is 190 g/mol. The Morgan fingerprint density at radius 2 is 2.27 bits per heavy atom. The zero-order chi connectivity index (χ0) is 10.7. The van der Waals surface area contributed by atoms with Crippen molar-refractivity contribution in [3.63, 3.8) is 0 Å². The lowest BCUT2D eigenvalue weighted by Crippen LogP contribution is -2.07. The Bertz CT molecular complexity index is 536. The van der Waals surface area contributed by atoms with E-state index in [0.717, 1.165) is 11.0 Å². The quantitative estimate of drug-likeness (QED) is 0.753. The van der Waals surface area contributed by atoms with Crippen molar-refractivity contribution in [2.24, 2.45) is 0 Å². The molecule has 74 valence electrons. The second-order valence-electron chi connectivity index (χ2n) is 3.23. The zero-order valence-corrected chi connectivity index (χ0v) is 8.05. The minimum Gasteiger partial charge on any atom is -0.323 e. The summed E-state index contributed by atoms with van der Waals surface area (Å²) in [7, 11) is 0. The molecule has 0 aliphatic rings. The summed E-state index contributed by atoms with van der Waals surface area (Å²) in [5.41, 5.74) is 1.78. The number of nitrogens with zero attached hydrogens (tertiary/aromatic N) is 3. The molecule has 0 unspecified atom stereocenters. The highest BCUT2D eigenvalue weighted by molar-refractivity contribution is 5.83. The van der Waals surface area contributed by atoms with E-state index in [9.17, 15) is 4.79 Å². The van der Waals surface area contributed by atoms with E-state index in [2.05, 4.69) is 4.98 Å². The van der Waals surface area contributed by atoms with Crippen LogP contribution in [0.3, 0.4) is 0 Å². The monoisotopic (exact) mass is 199 g/mol. The number of fused-ring (bicyclic) bond motifs is 1. The van der Waals surface area contributed by atoms with Crippen LogP contribution in [0.5, 0.6) is 0 Å². The lowest BCUT2D eigenvalue weighted by molar-refractivity contribution is -0.118. The van der Waals surface area contributed by atoms with E-state index in [0.29, 0.717) is 0 Å². The molecule has 2 aromatic rings. The van der Waals surface area contributed by atoms with Crippen molar-refractivity contribution in [3.8, 4) is 6.07 Å². The van der Waals surface area contributed by atoms with Crippen molar-refractivity contribution in [2.75, 3.05) is 0 Å². The summed E-state index contributed by atoms with van der Waals surface area (Å²) in [5, 5.41) is 8.38. The van der Waals surface area contributed by atoms with E-state index in [1.807, 2.05) is 30.3 Å². The number of hydrogen-bond donors (Lipinski definition) is 0. The first-order valence-electron chi connectivity index (χ1n) is 4.60. The fourth-order valence-corrected chi connectivity index (χ4v) is 1.47. The normalized spacial score (nSPS) is 10.1. The van der Waals surface area contributed by atoms with Gasteiger partial charge in [-0.05, 0) is 12.1 Å². The molecule has 0 saturated carbocycles. The Kier molecular flexibility index (Phi) is 2.46. The van der Waals surface area contributed by atoms with Gasteiger partial charge in [0, 0.05) is 0 Å². The molecular formula is C11H9N3O. The molecule has 4 nitrogen and oxygen atoms in total. The first kappa shape index (κ1) is 9.41. The highest BCUT2D eigenvalue weighted by Crippen LogP contribution is 2.11. The lowest BCUT2D eigenvalue weighted by atomic mass is 10.3. The number of carbonyl (C=O) groups is 1. The Hall–Kier alpha value is -2.15. The van der Waals surface area contributed by atoms with E-state index >= 15 is 0 Å². The number of aromatic nitrogens is 2. The molecule has 1 aromatic heterocycles. The molecule has 0 aliphatic carbocycles. The van der Waals surface area contributed by atoms with Crippen molar-refractivity contribution >= 4 is 16.8 Å². The van der Waals surface area contributed by atoms with E-state index < -0.39 is 0 Å². The van der Waals surface area contributed by atoms with Crippen LogP contribution in [0.2, 0.25) is 0 Å². The molecule has 0 radical (unpaired) electrons. The second kappa shape index (κ2) is 3.93. The predicted octanol–water partition coefficient (Wildman–Crippen LogP) is 1.52. The molecule has 0 aliphatic heterocycles. The third kappa shape index (κ3) is 1.86. The molecule has 4 heteroatoms. The minimum atomic E-state index is -0.0966. The summed E-state index contributed by atoms with van der Waals surface area (Å²) in [6.45, 7) is 0.216. The van der Waals surface area contributed by atoms with E-state index in [-0.39, 0.29) is 18.7 Å². The van der Waals surface area contributed by atoms with Gasteiger partial charge in [0.2, 0.25) is 0 Å². The Morgan fingerprint density at radius 3 is 3.07 bits per heavy atom. The SMILES string of the molecule is N#CCC(=O)Cn1cnc2ccccc21. The summed E-state index contributed by atoms with van der Waals surface area (Å²) in [4.78, 5) is 15.4. The van der Waals surface area contributed by atoms with Gasteiger partial charge in [-0.2, -0.15) is 5.26 Å². The van der Waals surface area contributed by atoms with E-state index in [1.165, 1.54) is 0 Å². The van der Waals surface area contributed by atoms with Gasteiger partial charge in [0.25, 0.3) is 0 Å². The van der Waals surface area contributed by atoms with Gasteiger partial charge in [-0.3, -0.25) is 4.79 Å². The summed E-state index contributed by atoms with van der Waals surface area (Å²) in [5.74, 6) is -0.0966. The molecule has 0 saturated heterocycles. The number of para-hydroxylation sites is 2. The van der Waals surface area contributed by atoms with Crippen molar-refractivity contribution in [3.05, 3.63) is 30.6 Å². The third-order valence-electron chi connectivity index (χ3n) is 2.15. The van der Waals surface area contributed by atoms with Crippen LogP contribution >= 0.6 is 0 Å². The molecule has 2 rings (SSSR count). The number of hydrogen-bond acceptors (Lipinski definition) is 3. The van der Waals surface area contributed by atoms with Gasteiger partial charge in [0.05, 0.1) is 36.4 Å². The fourth-order valence-electron chi connectivity index (χ4n) is 1.47. The maximum atomic E-state index is 11.3. The second-order valence-corrected chi connectivity index (χ2v) is 3.23. The molecule has 0 bridgehead atoms. The minimum absolute atomic E-state index is 0.0491. The van der Waals surface area contributed by atoms with E-state index in [4.69, 9.17) is 5.26 Å². The van der Waals surface area contributed by atoms with Crippen LogP contribution in [-0.4, -0.2) is 15.3 Å². The molecule has 15 heavy (non-hydrogen) atoms. The summed E-state index contributed by atoms with van der Waals surface area (Å²) < 4.78 is 1.76. The molecule has 0 atom stereocenters. The first-order chi connectivity index (χ1) is 7.31. The summed E-state index contributed by atoms with van der Waals surface area (Å²) in [6, 6.07) is 9.44. The molecule has 0 spiro atoms. The predicted molar refractivity (Wildman–Crippen MR) is 55.0 cm³/mol. The van der Waals surface area contributed by atoms with Crippen molar-refractivity contribution < 1.29 is 4.79 Å². The van der Waals surface area contributed by atoms with Crippen LogP contribution in [0.4, 0.5) is 0 Å². The number of carbonyl (C=O) groups excluding carboxylic acids is 1. The Morgan fingerprint density at radius 1 is 1.47 bits per heavy atom. The standard InChI is InChI=1S/C11H9N3O/c12-6-5-9(15)7-14-8-13-10-3-1-2-4-11(10)14/h1-4,8H,5,7H2. The molecule has 1 heterocycles. The maximum absolute atomic E-state index is 11.3. The molecule has 1 aromatic carbocycles. The van der Waals surface area contributed by atoms with Crippen molar-refractivity contribution in [1.29, 1.82) is 5.26 Å². The Labute approximate surface area is 86.8 Å². The maximum Gasteiger partial charge on any atom is 0.166 e. The van der Waals surface area contributed by atoms with Gasteiger partial charge in [-0.25, -0.2) is 4.98 Å². The molecule has 0 fully saturated rings. The van der Waals surface area contributed by atoms with Crippen LogP contribution in [0.15, 0.2) is 30.6 Å². The highest BCUT2D eigenvalue weighted by Gasteiger charge is 2.05. The van der Waals surface area contributed by atoms with Crippen molar-refractivity contribution in [2.45, 2.75) is 13.0 Å².